The molecule has 0 aromatic rings. The Morgan fingerprint density at radius 3 is 1.88 bits per heavy atom. The quantitative estimate of drug-likeness (QED) is 0.243. The third-order valence-electron chi connectivity index (χ3n) is 1.80. The predicted octanol–water partition coefficient (Wildman–Crippen LogP) is -2.68. The summed E-state index contributed by atoms with van der Waals surface area (Å²) in [6, 6.07) is -0.896. The number of aliphatic hydroxyl groups is 2. The number of aliphatic hydroxyl groups excluding tert-OH is 1. The van der Waals surface area contributed by atoms with Crippen LogP contribution in [0.4, 0.5) is 0 Å². The van der Waals surface area contributed by atoms with Gasteiger partial charge in [0, 0.05) is 0 Å². The highest BCUT2D eigenvalue weighted by Gasteiger charge is 2.59. The van der Waals surface area contributed by atoms with Gasteiger partial charge < -0.3 is 40.3 Å². The molecule has 12 heteroatoms. The standard InChI is InChI=1S/C5H15NO9P2/c6-4(1-7)2-15-3-5(8,16(9,10)11)17(12,13)14/h4,7-8H,1-3,6H2,(H2,9,10,11)(H2,12,13,14)/t4-/m0/s1. The van der Waals surface area contributed by atoms with Gasteiger partial charge >= 0.3 is 15.2 Å². The Balaban J connectivity index is 4.78. The predicted molar refractivity (Wildman–Crippen MR) is 54.9 cm³/mol. The molecule has 10 nitrogen and oxygen atoms in total. The molecule has 0 aromatic heterocycles. The van der Waals surface area contributed by atoms with Crippen molar-refractivity contribution < 1.29 is 43.7 Å². The van der Waals surface area contributed by atoms with Crippen LogP contribution in [0.3, 0.4) is 0 Å². The third kappa shape index (κ3) is 4.38. The normalized spacial score (nSPS) is 15.9. The molecule has 0 heterocycles. The smallest absolute Gasteiger partial charge is 0.371 e. The van der Waals surface area contributed by atoms with Crippen LogP contribution in [-0.4, -0.2) is 60.7 Å². The van der Waals surface area contributed by atoms with E-state index < -0.39 is 46.1 Å². The van der Waals surface area contributed by atoms with Crippen molar-refractivity contribution >= 4 is 15.2 Å². The Hall–Kier alpha value is 0.140. The molecule has 0 aromatic carbocycles. The molecule has 0 saturated carbocycles. The molecule has 0 rings (SSSR count). The number of rotatable bonds is 7. The van der Waals surface area contributed by atoms with Gasteiger partial charge in [-0.25, -0.2) is 0 Å². The van der Waals surface area contributed by atoms with E-state index in [-0.39, 0.29) is 0 Å². The van der Waals surface area contributed by atoms with Crippen molar-refractivity contribution in [3.05, 3.63) is 0 Å². The van der Waals surface area contributed by atoms with E-state index in [0.29, 0.717) is 0 Å². The highest BCUT2D eigenvalue weighted by Crippen LogP contribution is 2.67. The van der Waals surface area contributed by atoms with Crippen molar-refractivity contribution in [2.24, 2.45) is 5.73 Å². The zero-order chi connectivity index (χ0) is 13.9. The Labute approximate surface area is 96.3 Å². The average molecular weight is 295 g/mol. The minimum absolute atomic E-state index is 0.432. The summed E-state index contributed by atoms with van der Waals surface area (Å²) < 4.78 is 26.2. The molecule has 0 aliphatic heterocycles. The van der Waals surface area contributed by atoms with Crippen LogP contribution >= 0.6 is 15.2 Å². The fourth-order valence-corrected chi connectivity index (χ4v) is 2.61. The number of hydrogen-bond donors (Lipinski definition) is 7. The molecule has 104 valence electrons. The molecule has 0 spiro atoms. The van der Waals surface area contributed by atoms with Gasteiger partial charge in [0.1, 0.15) is 0 Å². The Bertz CT molecular complexity index is 312. The molecule has 0 fully saturated rings. The first-order valence-corrected chi connectivity index (χ1v) is 7.46. The van der Waals surface area contributed by atoms with Crippen LogP contribution in [0.15, 0.2) is 0 Å². The maximum atomic E-state index is 10.8. The molecular weight excluding hydrogens is 280 g/mol. The molecule has 0 amide bonds. The fourth-order valence-electron chi connectivity index (χ4n) is 0.738. The lowest BCUT2D eigenvalue weighted by molar-refractivity contribution is 0.0155. The van der Waals surface area contributed by atoms with Crippen LogP contribution in [0.1, 0.15) is 0 Å². The van der Waals surface area contributed by atoms with Crippen LogP contribution in [0, 0.1) is 0 Å². The van der Waals surface area contributed by atoms with Gasteiger partial charge in [-0.3, -0.25) is 9.13 Å². The van der Waals surface area contributed by atoms with Crippen LogP contribution in [0.5, 0.6) is 0 Å². The summed E-state index contributed by atoms with van der Waals surface area (Å²) in [6.07, 6.45) is 0. The summed E-state index contributed by atoms with van der Waals surface area (Å²) in [5, 5.41) is 14.2. The molecule has 0 bridgehead atoms. The van der Waals surface area contributed by atoms with Crippen molar-refractivity contribution in [3.8, 4) is 0 Å². The van der Waals surface area contributed by atoms with Gasteiger partial charge in [0.15, 0.2) is 0 Å². The summed E-state index contributed by atoms with van der Waals surface area (Å²) in [5.74, 6) is 0. The minimum atomic E-state index is -5.51. The molecule has 0 saturated heterocycles. The second-order valence-corrected chi connectivity index (χ2v) is 7.33. The zero-order valence-corrected chi connectivity index (χ0v) is 10.4. The van der Waals surface area contributed by atoms with Crippen LogP contribution in [-0.2, 0) is 13.9 Å². The minimum Gasteiger partial charge on any atom is -0.395 e. The van der Waals surface area contributed by atoms with Gasteiger partial charge in [-0.2, -0.15) is 0 Å². The summed E-state index contributed by atoms with van der Waals surface area (Å²) in [6.45, 7) is -2.24. The highest BCUT2D eigenvalue weighted by molar-refractivity contribution is 7.72. The Morgan fingerprint density at radius 2 is 1.59 bits per heavy atom. The van der Waals surface area contributed by atoms with Gasteiger partial charge in [-0.1, -0.05) is 0 Å². The first-order valence-electron chi connectivity index (χ1n) is 4.23. The second kappa shape index (κ2) is 5.85. The molecule has 0 aliphatic rings. The van der Waals surface area contributed by atoms with E-state index in [4.69, 9.17) is 30.4 Å². The van der Waals surface area contributed by atoms with E-state index in [1.165, 1.54) is 0 Å². The summed E-state index contributed by atoms with van der Waals surface area (Å²) in [4.78, 5) is 34.8. The fraction of sp³-hybridized carbons (Fsp3) is 1.00. The van der Waals surface area contributed by atoms with Gasteiger partial charge in [0.05, 0.1) is 25.9 Å². The number of hydrogen-bond acceptors (Lipinski definition) is 6. The van der Waals surface area contributed by atoms with Crippen molar-refractivity contribution in [1.82, 2.24) is 0 Å². The van der Waals surface area contributed by atoms with E-state index in [2.05, 4.69) is 4.74 Å². The average Bonchev–Trinajstić information content (AvgIpc) is 2.13. The summed E-state index contributed by atoms with van der Waals surface area (Å²) in [5.41, 5.74) is 5.18. The lowest BCUT2D eigenvalue weighted by Crippen LogP contribution is -2.37. The lowest BCUT2D eigenvalue weighted by Gasteiger charge is -2.29. The van der Waals surface area contributed by atoms with Gasteiger partial charge in [0.25, 0.3) is 5.08 Å². The molecule has 0 aliphatic carbocycles. The van der Waals surface area contributed by atoms with E-state index in [0.717, 1.165) is 0 Å². The van der Waals surface area contributed by atoms with Crippen molar-refractivity contribution in [2.45, 2.75) is 11.1 Å². The molecule has 0 unspecified atom stereocenters. The van der Waals surface area contributed by atoms with Gasteiger partial charge in [-0.15, -0.1) is 0 Å². The van der Waals surface area contributed by atoms with Crippen LogP contribution in [0.25, 0.3) is 0 Å². The van der Waals surface area contributed by atoms with E-state index >= 15 is 0 Å². The maximum absolute atomic E-state index is 10.8. The molecule has 17 heavy (non-hydrogen) atoms. The number of nitrogens with two attached hydrogens (primary N) is 1. The topological polar surface area (TPSA) is 191 Å². The third-order valence-corrected chi connectivity index (χ3v) is 5.48. The molecule has 1 atom stereocenters. The van der Waals surface area contributed by atoms with Crippen LogP contribution < -0.4 is 5.73 Å². The van der Waals surface area contributed by atoms with E-state index in [1.807, 2.05) is 0 Å². The van der Waals surface area contributed by atoms with Crippen LogP contribution in [0.2, 0.25) is 0 Å². The summed E-state index contributed by atoms with van der Waals surface area (Å²) >= 11 is 0. The molecule has 0 radical (unpaired) electrons. The maximum Gasteiger partial charge on any atom is 0.371 e. The second-order valence-electron chi connectivity index (χ2n) is 3.32. The lowest BCUT2D eigenvalue weighted by atomic mass is 10.4. The summed E-state index contributed by atoms with van der Waals surface area (Å²) in [7, 11) is -11.0. The van der Waals surface area contributed by atoms with E-state index in [9.17, 15) is 14.2 Å². The van der Waals surface area contributed by atoms with Crippen molar-refractivity contribution in [1.29, 1.82) is 0 Å². The van der Waals surface area contributed by atoms with Gasteiger partial charge in [0.2, 0.25) is 0 Å². The first kappa shape index (κ1) is 17.1. The highest BCUT2D eigenvalue weighted by atomic mass is 31.2. The van der Waals surface area contributed by atoms with E-state index in [1.54, 1.807) is 0 Å². The SMILES string of the molecule is N[C@@H](CO)COCC(O)(P(=O)(O)O)P(=O)(O)O. The zero-order valence-electron chi connectivity index (χ0n) is 8.58. The molecular formula is C5H15NO9P2. The van der Waals surface area contributed by atoms with Gasteiger partial charge in [-0.05, 0) is 0 Å². The Kier molecular flexibility index (Phi) is 5.90. The first-order chi connectivity index (χ1) is 7.45. The molecule has 8 N–H and O–H groups in total. The van der Waals surface area contributed by atoms with Crippen molar-refractivity contribution in [2.75, 3.05) is 19.8 Å². The number of ether oxygens (including phenoxy) is 1. The monoisotopic (exact) mass is 295 g/mol. The van der Waals surface area contributed by atoms with Crippen molar-refractivity contribution in [3.63, 3.8) is 0 Å². The largest absolute Gasteiger partial charge is 0.395 e. The Morgan fingerprint density at radius 1 is 1.18 bits per heavy atom.